The molecule has 4 atom stereocenters. The summed E-state index contributed by atoms with van der Waals surface area (Å²) in [5.41, 5.74) is 0.0568. The van der Waals surface area contributed by atoms with Crippen molar-refractivity contribution in [3.8, 4) is 11.5 Å². The van der Waals surface area contributed by atoms with Crippen LogP contribution in [0, 0.1) is 0 Å². The molecule has 4 aliphatic heterocycles. The number of benzene rings is 1. The minimum Gasteiger partial charge on any atom is -0.497 e. The van der Waals surface area contributed by atoms with Crippen molar-refractivity contribution in [2.24, 2.45) is 0 Å². The highest BCUT2D eigenvalue weighted by Gasteiger charge is 2.59. The molecule has 38 heavy (non-hydrogen) atoms. The number of nitrogens with one attached hydrogen (secondary N) is 1. The number of ether oxygens (including phenoxy) is 5. The zero-order valence-electron chi connectivity index (χ0n) is 22.8. The van der Waals surface area contributed by atoms with Gasteiger partial charge in [0.15, 0.2) is 23.2 Å². The summed E-state index contributed by atoms with van der Waals surface area (Å²) in [5.74, 6) is 1.19. The fourth-order valence-corrected chi connectivity index (χ4v) is 7.44. The average molecular weight is 527 g/mol. The van der Waals surface area contributed by atoms with E-state index in [-0.39, 0.29) is 30.6 Å². The normalized spacial score (nSPS) is 32.9. The molecule has 4 heterocycles. The minimum atomic E-state index is -1.35. The zero-order valence-corrected chi connectivity index (χ0v) is 22.8. The van der Waals surface area contributed by atoms with Gasteiger partial charge in [-0.1, -0.05) is 0 Å². The van der Waals surface area contributed by atoms with E-state index in [1.54, 1.807) is 14.2 Å². The largest absolute Gasteiger partial charge is 0.497 e. The molecule has 2 unspecified atom stereocenters. The Morgan fingerprint density at radius 1 is 1.11 bits per heavy atom. The summed E-state index contributed by atoms with van der Waals surface area (Å²) in [7, 11) is 3.21. The van der Waals surface area contributed by atoms with E-state index in [0.717, 1.165) is 62.3 Å². The second-order valence-corrected chi connectivity index (χ2v) is 11.9. The molecule has 2 fully saturated rings. The third-order valence-corrected chi connectivity index (χ3v) is 9.13. The molecule has 9 nitrogen and oxygen atoms in total. The monoisotopic (exact) mass is 526 g/mol. The molecule has 1 amide bonds. The molecular formula is C29H38N2O7. The molecule has 0 aromatic heterocycles. The fourth-order valence-electron chi connectivity index (χ4n) is 7.44. The van der Waals surface area contributed by atoms with Crippen molar-refractivity contribution in [3.63, 3.8) is 0 Å². The van der Waals surface area contributed by atoms with Crippen molar-refractivity contribution >= 4 is 11.9 Å². The predicted octanol–water partition coefficient (Wildman–Crippen LogP) is 3.20. The first-order valence-electron chi connectivity index (χ1n) is 13.8. The molecule has 6 rings (SSSR count). The smallest absolute Gasteiger partial charge is 0.339 e. The standard InChI is InChI=1S/C29H38N2O7/c1-27(2)8-5-10-29(38-27,16-23(32)30-3)26(33)37-25-22(34-4)15-28-9-6-11-31(28)12-7-18-13-20-21(36-17-35-20)14-19(18)24(25)28/h13-15,24-25H,5-12,16-17H2,1-4H3,(H,30,32)/t24-,25?,28?,29+/m1/s1. The van der Waals surface area contributed by atoms with Crippen molar-refractivity contribution < 1.29 is 33.3 Å². The molecule has 0 radical (unpaired) electrons. The SMILES string of the molecule is CNC(=O)C[C@]1(C(=O)OC2C(OC)=CC34CCCN3CCc3cc5c(cc3[C@H]24)OCO5)CCCC(C)(C)O1. The number of carbonyl (C=O) groups excluding carboxylic acids is 2. The third-order valence-electron chi connectivity index (χ3n) is 9.13. The molecule has 9 heteroatoms. The number of carbonyl (C=O) groups is 2. The summed E-state index contributed by atoms with van der Waals surface area (Å²) in [5, 5.41) is 2.66. The second kappa shape index (κ2) is 9.16. The van der Waals surface area contributed by atoms with Crippen molar-refractivity contribution in [3.05, 3.63) is 35.1 Å². The topological polar surface area (TPSA) is 95.6 Å². The van der Waals surface area contributed by atoms with Gasteiger partial charge in [-0.05, 0) is 88.3 Å². The van der Waals surface area contributed by atoms with E-state index >= 15 is 0 Å². The Morgan fingerprint density at radius 2 is 1.89 bits per heavy atom. The number of amides is 1. The molecule has 1 aromatic rings. The van der Waals surface area contributed by atoms with E-state index in [9.17, 15) is 9.59 Å². The Kier molecular flexibility index (Phi) is 6.14. The molecule has 5 aliphatic rings. The molecule has 1 aromatic carbocycles. The van der Waals surface area contributed by atoms with Crippen molar-refractivity contribution in [2.75, 3.05) is 34.0 Å². The fraction of sp³-hybridized carbons (Fsp3) is 0.655. The first-order valence-corrected chi connectivity index (χ1v) is 13.8. The van der Waals surface area contributed by atoms with Gasteiger partial charge in [0, 0.05) is 13.6 Å². The van der Waals surface area contributed by atoms with Gasteiger partial charge >= 0.3 is 5.97 Å². The van der Waals surface area contributed by atoms with Gasteiger partial charge in [0.05, 0.1) is 30.6 Å². The first kappa shape index (κ1) is 25.5. The molecular weight excluding hydrogens is 488 g/mol. The highest BCUT2D eigenvalue weighted by Crippen LogP contribution is 2.56. The molecule has 1 N–H and O–H groups in total. The van der Waals surface area contributed by atoms with Gasteiger partial charge in [-0.3, -0.25) is 9.69 Å². The number of esters is 1. The van der Waals surface area contributed by atoms with Gasteiger partial charge < -0.3 is 29.0 Å². The van der Waals surface area contributed by atoms with Gasteiger partial charge in [0.25, 0.3) is 0 Å². The summed E-state index contributed by atoms with van der Waals surface area (Å²) in [6.07, 6.45) is 6.33. The Bertz CT molecular complexity index is 1180. The summed E-state index contributed by atoms with van der Waals surface area (Å²) < 4.78 is 30.2. The second-order valence-electron chi connectivity index (χ2n) is 11.9. The first-order chi connectivity index (χ1) is 18.2. The van der Waals surface area contributed by atoms with E-state index < -0.39 is 23.3 Å². The maximum Gasteiger partial charge on any atom is 0.339 e. The van der Waals surface area contributed by atoms with Gasteiger partial charge in [-0.15, -0.1) is 0 Å². The number of methoxy groups -OCH3 is 1. The Hall–Kier alpha value is -2.78. The maximum absolute atomic E-state index is 14.2. The van der Waals surface area contributed by atoms with Crippen molar-refractivity contribution in [1.82, 2.24) is 10.2 Å². The van der Waals surface area contributed by atoms with Crippen LogP contribution in [0.25, 0.3) is 0 Å². The number of fused-ring (bicyclic) bond motifs is 3. The minimum absolute atomic E-state index is 0.0816. The van der Waals surface area contributed by atoms with Crippen LogP contribution in [0.2, 0.25) is 0 Å². The predicted molar refractivity (Wildman–Crippen MR) is 138 cm³/mol. The summed E-state index contributed by atoms with van der Waals surface area (Å²) in [6, 6.07) is 4.15. The number of hydrogen-bond acceptors (Lipinski definition) is 8. The van der Waals surface area contributed by atoms with E-state index in [4.69, 9.17) is 23.7 Å². The summed E-state index contributed by atoms with van der Waals surface area (Å²) in [4.78, 5) is 29.3. The van der Waals surface area contributed by atoms with E-state index in [1.165, 1.54) is 5.56 Å². The van der Waals surface area contributed by atoms with Crippen LogP contribution < -0.4 is 14.8 Å². The van der Waals surface area contributed by atoms with Crippen LogP contribution in [0.4, 0.5) is 0 Å². The van der Waals surface area contributed by atoms with Gasteiger partial charge in [0.1, 0.15) is 5.76 Å². The Labute approximate surface area is 223 Å². The maximum atomic E-state index is 14.2. The van der Waals surface area contributed by atoms with Gasteiger partial charge in [0.2, 0.25) is 12.7 Å². The van der Waals surface area contributed by atoms with Crippen LogP contribution in [-0.2, 0) is 30.2 Å². The van der Waals surface area contributed by atoms with Crippen LogP contribution in [0.5, 0.6) is 11.5 Å². The Morgan fingerprint density at radius 3 is 2.63 bits per heavy atom. The molecule has 206 valence electrons. The van der Waals surface area contributed by atoms with Crippen LogP contribution in [-0.4, -0.2) is 73.7 Å². The van der Waals surface area contributed by atoms with E-state index in [1.807, 2.05) is 13.8 Å². The van der Waals surface area contributed by atoms with Crippen LogP contribution in [0.3, 0.4) is 0 Å². The highest BCUT2D eigenvalue weighted by atomic mass is 16.7. The zero-order chi connectivity index (χ0) is 26.7. The number of nitrogens with zero attached hydrogens (tertiary/aromatic N) is 1. The Balaban J connectivity index is 1.41. The lowest BCUT2D eigenvalue weighted by Gasteiger charge is -2.44. The molecule has 0 bridgehead atoms. The number of hydrogen-bond donors (Lipinski definition) is 1. The molecule has 1 spiro atoms. The lowest BCUT2D eigenvalue weighted by Crippen LogP contribution is -2.55. The van der Waals surface area contributed by atoms with E-state index in [2.05, 4.69) is 28.4 Å². The quantitative estimate of drug-likeness (QED) is 0.585. The molecule has 1 aliphatic carbocycles. The van der Waals surface area contributed by atoms with Crippen LogP contribution in [0.15, 0.2) is 24.0 Å². The van der Waals surface area contributed by atoms with E-state index in [0.29, 0.717) is 12.2 Å². The molecule has 2 saturated heterocycles. The van der Waals surface area contributed by atoms with Gasteiger partial charge in [-0.2, -0.15) is 0 Å². The summed E-state index contributed by atoms with van der Waals surface area (Å²) >= 11 is 0. The van der Waals surface area contributed by atoms with Crippen molar-refractivity contribution in [2.45, 2.75) is 87.6 Å². The highest BCUT2D eigenvalue weighted by molar-refractivity contribution is 5.88. The number of rotatable bonds is 5. The lowest BCUT2D eigenvalue weighted by molar-refractivity contribution is -0.214. The summed E-state index contributed by atoms with van der Waals surface area (Å²) in [6.45, 7) is 6.00. The molecule has 0 saturated carbocycles. The van der Waals surface area contributed by atoms with Crippen LogP contribution in [0.1, 0.15) is 69.4 Å². The van der Waals surface area contributed by atoms with Gasteiger partial charge in [-0.25, -0.2) is 4.79 Å². The average Bonchev–Trinajstić information content (AvgIpc) is 3.57. The van der Waals surface area contributed by atoms with Crippen molar-refractivity contribution in [1.29, 1.82) is 0 Å². The lowest BCUT2D eigenvalue weighted by atomic mass is 9.77. The third kappa shape index (κ3) is 3.97. The van der Waals surface area contributed by atoms with Crippen LogP contribution >= 0.6 is 0 Å².